The first kappa shape index (κ1) is 12.4. The quantitative estimate of drug-likeness (QED) is 0.422. The number of carboxylic acid groups (broad SMARTS) is 1. The highest BCUT2D eigenvalue weighted by Gasteiger charge is 1.98. The number of carboxylic acids is 1. The van der Waals surface area contributed by atoms with E-state index in [0.717, 1.165) is 23.1 Å². The number of hydrogen-bond acceptors (Lipinski definition) is 3. The Kier molecular flexibility index (Phi) is 5.28. The van der Waals surface area contributed by atoms with E-state index in [1.807, 2.05) is 0 Å². The molecule has 0 saturated carbocycles. The molecule has 0 fully saturated rings. The summed E-state index contributed by atoms with van der Waals surface area (Å²) in [6.07, 6.45) is 4.61. The largest absolute Gasteiger partial charge is 0.619 e. The number of nitrogens with zero attached hydrogens (tertiary/aromatic N) is 1. The third-order valence-corrected chi connectivity index (χ3v) is 2.09. The van der Waals surface area contributed by atoms with Crippen molar-refractivity contribution in [2.24, 2.45) is 0 Å². The zero-order chi connectivity index (χ0) is 11.8. The summed E-state index contributed by atoms with van der Waals surface area (Å²) in [4.78, 5) is 10.2. The van der Waals surface area contributed by atoms with Crippen molar-refractivity contribution in [1.29, 1.82) is 0 Å². The molecule has 1 aromatic heterocycles. The standard InChI is InChI=1S/C11H15NO4/c13-11(14)5-9-16-8-1-2-10-3-6-12(15)7-4-10/h3-4,6-7H,1-2,5,8-9H2,(H,13,14). The highest BCUT2D eigenvalue weighted by atomic mass is 16.5. The van der Waals surface area contributed by atoms with Crippen molar-refractivity contribution >= 4 is 5.97 Å². The van der Waals surface area contributed by atoms with Crippen molar-refractivity contribution in [1.82, 2.24) is 0 Å². The predicted octanol–water partition coefficient (Wildman–Crippen LogP) is 0.744. The van der Waals surface area contributed by atoms with Crippen LogP contribution in [0.25, 0.3) is 0 Å². The van der Waals surface area contributed by atoms with Gasteiger partial charge in [0.05, 0.1) is 13.0 Å². The van der Waals surface area contributed by atoms with Crippen LogP contribution in [-0.4, -0.2) is 24.3 Å². The molecule has 0 bridgehead atoms. The maximum atomic E-state index is 10.7. The molecule has 0 aromatic carbocycles. The fourth-order valence-electron chi connectivity index (χ4n) is 1.25. The van der Waals surface area contributed by atoms with E-state index in [1.54, 1.807) is 12.1 Å². The fourth-order valence-corrected chi connectivity index (χ4v) is 1.25. The van der Waals surface area contributed by atoms with Crippen molar-refractivity contribution in [2.45, 2.75) is 19.3 Å². The number of hydrogen-bond donors (Lipinski definition) is 1. The third kappa shape index (κ3) is 5.31. The van der Waals surface area contributed by atoms with Crippen molar-refractivity contribution in [3.63, 3.8) is 0 Å². The lowest BCUT2D eigenvalue weighted by Crippen LogP contribution is -2.23. The van der Waals surface area contributed by atoms with Crippen LogP contribution in [0.15, 0.2) is 24.5 Å². The van der Waals surface area contributed by atoms with Gasteiger partial charge in [-0.15, -0.1) is 0 Å². The van der Waals surface area contributed by atoms with Gasteiger partial charge in [-0.25, -0.2) is 0 Å². The second-order valence-electron chi connectivity index (χ2n) is 3.43. The first-order valence-electron chi connectivity index (χ1n) is 5.16. The fraction of sp³-hybridized carbons (Fsp3) is 0.455. The summed E-state index contributed by atoms with van der Waals surface area (Å²) < 4.78 is 5.89. The summed E-state index contributed by atoms with van der Waals surface area (Å²) >= 11 is 0. The Morgan fingerprint density at radius 3 is 2.69 bits per heavy atom. The lowest BCUT2D eigenvalue weighted by Gasteiger charge is -2.02. The van der Waals surface area contributed by atoms with Crippen molar-refractivity contribution in [3.05, 3.63) is 35.3 Å². The molecule has 0 aliphatic rings. The molecule has 0 saturated heterocycles. The SMILES string of the molecule is O=C(O)CCOCCCc1cc[n+]([O-])cc1. The Balaban J connectivity index is 2.07. The van der Waals surface area contributed by atoms with Crippen molar-refractivity contribution in [3.8, 4) is 0 Å². The summed E-state index contributed by atoms with van der Waals surface area (Å²) in [5.74, 6) is -0.844. The zero-order valence-electron chi connectivity index (χ0n) is 8.96. The van der Waals surface area contributed by atoms with E-state index < -0.39 is 5.97 Å². The topological polar surface area (TPSA) is 73.5 Å². The van der Waals surface area contributed by atoms with E-state index in [0.29, 0.717) is 6.61 Å². The number of carbonyl (C=O) groups is 1. The molecule has 0 spiro atoms. The smallest absolute Gasteiger partial charge is 0.305 e. The van der Waals surface area contributed by atoms with E-state index >= 15 is 0 Å². The van der Waals surface area contributed by atoms with E-state index in [-0.39, 0.29) is 13.0 Å². The van der Waals surface area contributed by atoms with Crippen LogP contribution in [0.1, 0.15) is 18.4 Å². The summed E-state index contributed by atoms with van der Waals surface area (Å²) in [5, 5.41) is 19.1. The molecule has 0 unspecified atom stereocenters. The third-order valence-electron chi connectivity index (χ3n) is 2.09. The Morgan fingerprint density at radius 2 is 2.06 bits per heavy atom. The van der Waals surface area contributed by atoms with Gasteiger partial charge < -0.3 is 15.1 Å². The molecule has 1 aromatic rings. The average molecular weight is 225 g/mol. The van der Waals surface area contributed by atoms with Crippen LogP contribution >= 0.6 is 0 Å². The van der Waals surface area contributed by atoms with Gasteiger partial charge in [0.1, 0.15) is 0 Å². The number of ether oxygens (including phenoxy) is 1. The molecule has 0 amide bonds. The molecule has 16 heavy (non-hydrogen) atoms. The minimum absolute atomic E-state index is 0.0432. The molecule has 1 N–H and O–H groups in total. The second-order valence-corrected chi connectivity index (χ2v) is 3.43. The van der Waals surface area contributed by atoms with Crippen LogP contribution in [0, 0.1) is 5.21 Å². The Morgan fingerprint density at radius 1 is 1.38 bits per heavy atom. The number of aliphatic carboxylic acids is 1. The monoisotopic (exact) mass is 225 g/mol. The van der Waals surface area contributed by atoms with Gasteiger partial charge in [0.2, 0.25) is 0 Å². The Hall–Kier alpha value is -1.62. The van der Waals surface area contributed by atoms with Crippen molar-refractivity contribution in [2.75, 3.05) is 13.2 Å². The first-order valence-corrected chi connectivity index (χ1v) is 5.16. The van der Waals surface area contributed by atoms with E-state index in [9.17, 15) is 10.0 Å². The molecule has 88 valence electrons. The molecule has 5 nitrogen and oxygen atoms in total. The number of aromatic nitrogens is 1. The van der Waals surface area contributed by atoms with Gasteiger partial charge in [0, 0.05) is 18.7 Å². The molecule has 0 atom stereocenters. The van der Waals surface area contributed by atoms with Gasteiger partial charge in [0.25, 0.3) is 0 Å². The van der Waals surface area contributed by atoms with Crippen LogP contribution < -0.4 is 4.73 Å². The zero-order valence-corrected chi connectivity index (χ0v) is 8.96. The van der Waals surface area contributed by atoms with Crippen LogP contribution in [0.3, 0.4) is 0 Å². The van der Waals surface area contributed by atoms with E-state index in [1.165, 1.54) is 12.4 Å². The summed E-state index contributed by atoms with van der Waals surface area (Å²) in [6, 6.07) is 3.54. The molecule has 0 aliphatic heterocycles. The summed E-state index contributed by atoms with van der Waals surface area (Å²) in [6.45, 7) is 0.796. The maximum absolute atomic E-state index is 10.7. The van der Waals surface area contributed by atoms with Crippen LogP contribution in [0.5, 0.6) is 0 Å². The van der Waals surface area contributed by atoms with E-state index in [2.05, 4.69) is 0 Å². The van der Waals surface area contributed by atoms with Crippen molar-refractivity contribution < 1.29 is 19.4 Å². The van der Waals surface area contributed by atoms with E-state index in [4.69, 9.17) is 9.84 Å². The van der Waals surface area contributed by atoms with Crippen LogP contribution in [-0.2, 0) is 16.0 Å². The molecule has 0 aliphatic carbocycles. The average Bonchev–Trinajstić information content (AvgIpc) is 2.25. The van der Waals surface area contributed by atoms with Gasteiger partial charge >= 0.3 is 5.97 Å². The second kappa shape index (κ2) is 6.79. The number of pyridine rings is 1. The first-order chi connectivity index (χ1) is 7.68. The molecule has 0 radical (unpaired) electrons. The number of rotatable bonds is 7. The minimum atomic E-state index is -0.844. The lowest BCUT2D eigenvalue weighted by molar-refractivity contribution is -0.605. The van der Waals surface area contributed by atoms with Crippen LogP contribution in [0.4, 0.5) is 0 Å². The van der Waals surface area contributed by atoms with Gasteiger partial charge in [-0.2, -0.15) is 4.73 Å². The van der Waals surface area contributed by atoms with Gasteiger partial charge in [-0.05, 0) is 18.4 Å². The summed E-state index contributed by atoms with van der Waals surface area (Å²) in [7, 11) is 0. The maximum Gasteiger partial charge on any atom is 0.305 e. The van der Waals surface area contributed by atoms with Crippen LogP contribution in [0.2, 0.25) is 0 Å². The normalized spacial score (nSPS) is 10.2. The van der Waals surface area contributed by atoms with Gasteiger partial charge in [-0.1, -0.05) is 0 Å². The lowest BCUT2D eigenvalue weighted by atomic mass is 10.1. The van der Waals surface area contributed by atoms with Gasteiger partial charge in [0.15, 0.2) is 12.4 Å². The highest BCUT2D eigenvalue weighted by Crippen LogP contribution is 2.00. The minimum Gasteiger partial charge on any atom is -0.619 e. The highest BCUT2D eigenvalue weighted by molar-refractivity contribution is 5.66. The Bertz CT molecular complexity index is 323. The molecular formula is C11H15NO4. The number of aryl methyl sites for hydroxylation is 1. The Labute approximate surface area is 93.9 Å². The summed E-state index contributed by atoms with van der Waals surface area (Å²) in [5.41, 5.74) is 1.08. The molecular weight excluding hydrogens is 210 g/mol. The molecule has 1 heterocycles. The predicted molar refractivity (Wildman–Crippen MR) is 56.8 cm³/mol. The van der Waals surface area contributed by atoms with Gasteiger partial charge in [-0.3, -0.25) is 4.79 Å². The molecule has 5 heteroatoms. The molecule has 1 rings (SSSR count).